The van der Waals surface area contributed by atoms with Gasteiger partial charge in [0, 0.05) is 32.7 Å². The molecule has 1 aromatic rings. The first kappa shape index (κ1) is 13.8. The number of likely N-dealkylation sites (N-methyl/N-ethyl adjacent to an activating group) is 1. The minimum atomic E-state index is -0.335. The summed E-state index contributed by atoms with van der Waals surface area (Å²) in [7, 11) is 1.87. The van der Waals surface area contributed by atoms with Crippen molar-refractivity contribution in [1.29, 1.82) is 0 Å². The summed E-state index contributed by atoms with van der Waals surface area (Å²) < 4.78 is 5.64. The van der Waals surface area contributed by atoms with Crippen LogP contribution >= 0.6 is 0 Å². The van der Waals surface area contributed by atoms with Crippen LogP contribution in [0.25, 0.3) is 0 Å². The Bertz CT molecular complexity index is 458. The van der Waals surface area contributed by atoms with Gasteiger partial charge in [0.2, 0.25) is 0 Å². The molecule has 0 aliphatic carbocycles. The van der Waals surface area contributed by atoms with Gasteiger partial charge in [-0.15, -0.1) is 0 Å². The Morgan fingerprint density at radius 1 is 1.58 bits per heavy atom. The minimum Gasteiger partial charge on any atom is -0.374 e. The number of para-hydroxylation sites is 1. The van der Waals surface area contributed by atoms with Crippen LogP contribution in [0.4, 0.5) is 11.4 Å². The van der Waals surface area contributed by atoms with Gasteiger partial charge in [-0.05, 0) is 12.5 Å². The second kappa shape index (κ2) is 5.99. The van der Waals surface area contributed by atoms with Gasteiger partial charge in [0.05, 0.1) is 17.6 Å². The van der Waals surface area contributed by atoms with E-state index in [0.717, 1.165) is 18.7 Å². The highest BCUT2D eigenvalue weighted by atomic mass is 16.6. The summed E-state index contributed by atoms with van der Waals surface area (Å²) in [5.41, 5.74) is 1.72. The number of benzene rings is 1. The molecule has 1 aromatic carbocycles. The van der Waals surface area contributed by atoms with Crippen LogP contribution < -0.4 is 10.2 Å². The maximum absolute atomic E-state index is 11.1. The lowest BCUT2D eigenvalue weighted by molar-refractivity contribution is -0.384. The molecule has 1 aliphatic heterocycles. The van der Waals surface area contributed by atoms with Crippen molar-refractivity contribution in [2.45, 2.75) is 13.0 Å². The minimum absolute atomic E-state index is 0.0676. The molecule has 104 valence electrons. The number of hydrogen-bond donors (Lipinski definition) is 1. The Morgan fingerprint density at radius 2 is 2.37 bits per heavy atom. The van der Waals surface area contributed by atoms with Crippen molar-refractivity contribution < 1.29 is 9.66 Å². The Balaban J connectivity index is 2.17. The summed E-state index contributed by atoms with van der Waals surface area (Å²) in [6.07, 6.45) is 0.0676. The van der Waals surface area contributed by atoms with Crippen LogP contribution in [0, 0.1) is 17.0 Å². The van der Waals surface area contributed by atoms with Gasteiger partial charge in [0.1, 0.15) is 5.69 Å². The predicted octanol–water partition coefficient (Wildman–Crippen LogP) is 1.33. The fourth-order valence-corrected chi connectivity index (χ4v) is 2.42. The average molecular weight is 265 g/mol. The second-order valence-electron chi connectivity index (χ2n) is 4.78. The third-order valence-corrected chi connectivity index (χ3v) is 3.28. The number of nitrogens with one attached hydrogen (secondary N) is 1. The zero-order valence-electron chi connectivity index (χ0n) is 11.3. The quantitative estimate of drug-likeness (QED) is 0.657. The van der Waals surface area contributed by atoms with Crippen LogP contribution in [0.2, 0.25) is 0 Å². The molecule has 1 fully saturated rings. The molecule has 1 N–H and O–H groups in total. The van der Waals surface area contributed by atoms with Gasteiger partial charge in [0.15, 0.2) is 0 Å². The standard InChI is InChI=1S/C13H19N3O3/c1-10-4-3-5-12(16(17)18)13(10)15(2)9-11-8-14-6-7-19-11/h3-5,11,14H,6-9H2,1-2H3. The molecule has 1 unspecified atom stereocenters. The summed E-state index contributed by atoms with van der Waals surface area (Å²) in [5.74, 6) is 0. The number of ether oxygens (including phenoxy) is 1. The van der Waals surface area contributed by atoms with Crippen molar-refractivity contribution in [3.63, 3.8) is 0 Å². The largest absolute Gasteiger partial charge is 0.374 e. The first-order valence-electron chi connectivity index (χ1n) is 6.37. The van der Waals surface area contributed by atoms with E-state index in [-0.39, 0.29) is 16.7 Å². The van der Waals surface area contributed by atoms with Crippen LogP contribution in [0.1, 0.15) is 5.56 Å². The van der Waals surface area contributed by atoms with E-state index in [1.54, 1.807) is 12.1 Å². The summed E-state index contributed by atoms with van der Waals surface area (Å²) in [6.45, 7) is 4.86. The molecule has 0 spiro atoms. The van der Waals surface area contributed by atoms with E-state index in [9.17, 15) is 10.1 Å². The van der Waals surface area contributed by atoms with Gasteiger partial charge in [-0.1, -0.05) is 12.1 Å². The molecular weight excluding hydrogens is 246 g/mol. The SMILES string of the molecule is Cc1cccc([N+](=O)[O-])c1N(C)CC1CNCCO1. The zero-order valence-corrected chi connectivity index (χ0v) is 11.3. The molecule has 1 saturated heterocycles. The average Bonchev–Trinajstić information content (AvgIpc) is 2.39. The van der Waals surface area contributed by atoms with Crippen LogP contribution in [-0.4, -0.2) is 44.3 Å². The van der Waals surface area contributed by atoms with Crippen molar-refractivity contribution in [2.75, 3.05) is 38.2 Å². The first-order valence-corrected chi connectivity index (χ1v) is 6.37. The van der Waals surface area contributed by atoms with E-state index in [2.05, 4.69) is 5.32 Å². The number of rotatable bonds is 4. The fourth-order valence-electron chi connectivity index (χ4n) is 2.42. The molecule has 19 heavy (non-hydrogen) atoms. The van der Waals surface area contributed by atoms with Crippen LogP contribution in [0.15, 0.2) is 18.2 Å². The molecule has 1 heterocycles. The number of nitro benzene ring substituents is 1. The third kappa shape index (κ3) is 3.21. The number of nitrogens with zero attached hydrogens (tertiary/aromatic N) is 2. The third-order valence-electron chi connectivity index (χ3n) is 3.28. The fraction of sp³-hybridized carbons (Fsp3) is 0.538. The molecule has 6 nitrogen and oxygen atoms in total. The number of anilines is 1. The summed E-state index contributed by atoms with van der Waals surface area (Å²) in [4.78, 5) is 12.7. The Hall–Kier alpha value is -1.66. The normalized spacial score (nSPS) is 19.2. The Kier molecular flexibility index (Phi) is 4.34. The zero-order chi connectivity index (χ0) is 13.8. The second-order valence-corrected chi connectivity index (χ2v) is 4.78. The van der Waals surface area contributed by atoms with Crippen LogP contribution in [0.5, 0.6) is 0 Å². The maximum Gasteiger partial charge on any atom is 0.292 e. The molecule has 0 saturated carbocycles. The van der Waals surface area contributed by atoms with Crippen molar-refractivity contribution in [2.24, 2.45) is 0 Å². The molecule has 1 aliphatic rings. The topological polar surface area (TPSA) is 67.6 Å². The first-order chi connectivity index (χ1) is 9.09. The van der Waals surface area contributed by atoms with Crippen LogP contribution in [0.3, 0.4) is 0 Å². The van der Waals surface area contributed by atoms with Crippen molar-refractivity contribution in [3.05, 3.63) is 33.9 Å². The van der Waals surface area contributed by atoms with Gasteiger partial charge in [0.25, 0.3) is 5.69 Å². The highest BCUT2D eigenvalue weighted by Crippen LogP contribution is 2.30. The highest BCUT2D eigenvalue weighted by Gasteiger charge is 2.22. The molecule has 1 atom stereocenters. The van der Waals surface area contributed by atoms with Crippen molar-refractivity contribution in [1.82, 2.24) is 5.32 Å². The highest BCUT2D eigenvalue weighted by molar-refractivity contribution is 5.67. The van der Waals surface area contributed by atoms with Gasteiger partial charge in [-0.25, -0.2) is 0 Å². The van der Waals surface area contributed by atoms with E-state index < -0.39 is 0 Å². The molecule has 0 amide bonds. The van der Waals surface area contributed by atoms with Gasteiger partial charge in [-0.2, -0.15) is 0 Å². The monoisotopic (exact) mass is 265 g/mol. The molecule has 0 radical (unpaired) electrons. The van der Waals surface area contributed by atoms with E-state index in [1.165, 1.54) is 0 Å². The Morgan fingerprint density at radius 3 is 3.00 bits per heavy atom. The molecule has 0 bridgehead atoms. The summed E-state index contributed by atoms with van der Waals surface area (Å²) in [5, 5.41) is 14.4. The molecular formula is C13H19N3O3. The summed E-state index contributed by atoms with van der Waals surface area (Å²) >= 11 is 0. The Labute approximate surface area is 112 Å². The van der Waals surface area contributed by atoms with E-state index in [1.807, 2.05) is 24.9 Å². The smallest absolute Gasteiger partial charge is 0.292 e. The number of aryl methyl sites for hydroxylation is 1. The van der Waals surface area contributed by atoms with Crippen LogP contribution in [-0.2, 0) is 4.74 Å². The van der Waals surface area contributed by atoms with Gasteiger partial charge < -0.3 is 15.0 Å². The molecule has 6 heteroatoms. The van der Waals surface area contributed by atoms with Crippen molar-refractivity contribution >= 4 is 11.4 Å². The van der Waals surface area contributed by atoms with Crippen molar-refractivity contribution in [3.8, 4) is 0 Å². The molecule has 0 aromatic heterocycles. The lowest BCUT2D eigenvalue weighted by Gasteiger charge is -2.29. The van der Waals surface area contributed by atoms with E-state index in [0.29, 0.717) is 18.8 Å². The number of hydrogen-bond acceptors (Lipinski definition) is 5. The van der Waals surface area contributed by atoms with Gasteiger partial charge in [-0.3, -0.25) is 10.1 Å². The van der Waals surface area contributed by atoms with E-state index >= 15 is 0 Å². The number of morpholine rings is 1. The lowest BCUT2D eigenvalue weighted by Crippen LogP contribution is -2.44. The number of nitro groups is 1. The predicted molar refractivity (Wildman–Crippen MR) is 73.7 cm³/mol. The lowest BCUT2D eigenvalue weighted by atomic mass is 10.1. The van der Waals surface area contributed by atoms with Gasteiger partial charge >= 0.3 is 0 Å². The molecule has 2 rings (SSSR count). The van der Waals surface area contributed by atoms with E-state index in [4.69, 9.17) is 4.74 Å². The maximum atomic E-state index is 11.1. The summed E-state index contributed by atoms with van der Waals surface area (Å²) in [6, 6.07) is 5.14.